The number of amides is 1. The van der Waals surface area contributed by atoms with Gasteiger partial charge in [-0.15, -0.1) is 0 Å². The molecule has 2 unspecified atom stereocenters. The van der Waals surface area contributed by atoms with Crippen LogP contribution in [0.3, 0.4) is 0 Å². The normalized spacial score (nSPS) is 17.6. The highest BCUT2D eigenvalue weighted by atomic mass is 79.9. The van der Waals surface area contributed by atoms with Crippen molar-refractivity contribution in [3.8, 4) is 0 Å². The summed E-state index contributed by atoms with van der Waals surface area (Å²) in [5, 5.41) is 9.91. The van der Waals surface area contributed by atoms with Crippen molar-refractivity contribution in [1.82, 2.24) is 4.90 Å². The van der Waals surface area contributed by atoms with Crippen LogP contribution in [0.1, 0.15) is 25.3 Å². The van der Waals surface area contributed by atoms with Gasteiger partial charge in [-0.1, -0.05) is 35.0 Å². The zero-order chi connectivity index (χ0) is 14.7. The molecule has 1 amide bonds. The van der Waals surface area contributed by atoms with Gasteiger partial charge in [0.15, 0.2) is 0 Å². The quantitative estimate of drug-likeness (QED) is 0.865. The highest BCUT2D eigenvalue weighted by Crippen LogP contribution is 2.32. The first-order valence-corrected chi connectivity index (χ1v) is 7.94. The van der Waals surface area contributed by atoms with E-state index in [9.17, 15) is 9.90 Å². The molecule has 0 spiro atoms. The maximum absolute atomic E-state index is 12.3. The molecular formula is C16H22BrNO2. The highest BCUT2D eigenvalue weighted by Gasteiger charge is 2.31. The van der Waals surface area contributed by atoms with Crippen molar-refractivity contribution in [1.29, 1.82) is 0 Å². The van der Waals surface area contributed by atoms with Crippen LogP contribution in [0.2, 0.25) is 0 Å². The maximum atomic E-state index is 12.3. The first-order valence-electron chi connectivity index (χ1n) is 7.15. The predicted octanol–water partition coefficient (Wildman–Crippen LogP) is 2.86. The molecule has 0 saturated heterocycles. The summed E-state index contributed by atoms with van der Waals surface area (Å²) < 4.78 is 1.05. The number of nitrogens with zero attached hydrogens (tertiary/aromatic N) is 1. The van der Waals surface area contributed by atoms with Gasteiger partial charge in [-0.2, -0.15) is 0 Å². The number of likely N-dealkylation sites (N-methyl/N-ethyl adjacent to an activating group) is 1. The van der Waals surface area contributed by atoms with E-state index in [-0.39, 0.29) is 17.9 Å². The van der Waals surface area contributed by atoms with Crippen LogP contribution in [0.25, 0.3) is 0 Å². The number of aliphatic hydroxyl groups is 1. The molecule has 20 heavy (non-hydrogen) atoms. The lowest BCUT2D eigenvalue weighted by atomic mass is 10.00. The lowest BCUT2D eigenvalue weighted by Crippen LogP contribution is -2.38. The number of hydrogen-bond acceptors (Lipinski definition) is 2. The summed E-state index contributed by atoms with van der Waals surface area (Å²) in [4.78, 5) is 14.0. The number of halogens is 1. The first kappa shape index (κ1) is 15.5. The molecule has 2 atom stereocenters. The van der Waals surface area contributed by atoms with E-state index in [1.54, 1.807) is 11.9 Å². The van der Waals surface area contributed by atoms with Gasteiger partial charge in [-0.25, -0.2) is 0 Å². The molecule has 1 aromatic carbocycles. The van der Waals surface area contributed by atoms with E-state index < -0.39 is 0 Å². The molecule has 110 valence electrons. The van der Waals surface area contributed by atoms with E-state index in [2.05, 4.69) is 15.9 Å². The Kier molecular flexibility index (Phi) is 5.22. The Labute approximate surface area is 129 Å². The van der Waals surface area contributed by atoms with E-state index in [0.29, 0.717) is 12.5 Å². The van der Waals surface area contributed by atoms with Crippen molar-refractivity contribution < 1.29 is 9.90 Å². The minimum atomic E-state index is -0.358. The molecule has 1 saturated carbocycles. The van der Waals surface area contributed by atoms with Gasteiger partial charge in [0.2, 0.25) is 5.91 Å². The van der Waals surface area contributed by atoms with Gasteiger partial charge in [-0.05, 0) is 42.9 Å². The molecule has 2 rings (SSSR count). The van der Waals surface area contributed by atoms with Gasteiger partial charge in [0.1, 0.15) is 0 Å². The summed E-state index contributed by atoms with van der Waals surface area (Å²) in [6.45, 7) is 2.40. The second-order valence-electron chi connectivity index (χ2n) is 5.86. The topological polar surface area (TPSA) is 40.5 Å². The smallest absolute Gasteiger partial charge is 0.225 e. The Morgan fingerprint density at radius 1 is 1.40 bits per heavy atom. The van der Waals surface area contributed by atoms with Gasteiger partial charge in [-0.3, -0.25) is 4.79 Å². The first-order chi connectivity index (χ1) is 9.47. The lowest BCUT2D eigenvalue weighted by Gasteiger charge is -2.24. The van der Waals surface area contributed by atoms with Crippen LogP contribution in [0.4, 0.5) is 0 Å². The second kappa shape index (κ2) is 6.72. The Bertz CT molecular complexity index is 456. The fraction of sp³-hybridized carbons (Fsp3) is 0.562. The lowest BCUT2D eigenvalue weighted by molar-refractivity contribution is -0.135. The zero-order valence-corrected chi connectivity index (χ0v) is 13.6. The Hall–Kier alpha value is -0.870. The van der Waals surface area contributed by atoms with Crippen LogP contribution in [0.15, 0.2) is 28.7 Å². The Balaban J connectivity index is 1.85. The molecule has 4 heteroatoms. The molecule has 1 fully saturated rings. The summed E-state index contributed by atoms with van der Waals surface area (Å²) in [5.74, 6) is 0.451. The van der Waals surface area contributed by atoms with Crippen molar-refractivity contribution in [2.75, 3.05) is 13.6 Å². The number of benzene rings is 1. The van der Waals surface area contributed by atoms with Crippen molar-refractivity contribution in [2.45, 2.75) is 32.3 Å². The number of hydrogen-bond donors (Lipinski definition) is 1. The second-order valence-corrected chi connectivity index (χ2v) is 6.77. The molecule has 0 bridgehead atoms. The monoisotopic (exact) mass is 339 g/mol. The van der Waals surface area contributed by atoms with Crippen LogP contribution in [0.5, 0.6) is 0 Å². The van der Waals surface area contributed by atoms with Gasteiger partial charge in [0.05, 0.1) is 6.10 Å². The summed E-state index contributed by atoms with van der Waals surface area (Å²) in [5.41, 5.74) is 1.16. The molecule has 1 aliphatic rings. The third-order valence-corrected chi connectivity index (χ3v) is 4.41. The SMILES string of the molecule is CC(Cc1ccc(Br)cc1)C(=O)N(C)CC(O)C1CC1. The average molecular weight is 340 g/mol. The Morgan fingerprint density at radius 3 is 2.55 bits per heavy atom. The molecule has 0 aliphatic heterocycles. The van der Waals surface area contributed by atoms with E-state index in [4.69, 9.17) is 0 Å². The van der Waals surface area contributed by atoms with Gasteiger partial charge < -0.3 is 10.0 Å². The minimum absolute atomic E-state index is 0.0624. The Morgan fingerprint density at radius 2 is 2.00 bits per heavy atom. The maximum Gasteiger partial charge on any atom is 0.225 e. The van der Waals surface area contributed by atoms with Crippen LogP contribution in [-0.4, -0.2) is 35.6 Å². The third kappa shape index (κ3) is 4.32. The number of carbonyl (C=O) groups excluding carboxylic acids is 1. The summed E-state index contributed by atoms with van der Waals surface area (Å²) in [6.07, 6.45) is 2.56. The molecule has 0 aromatic heterocycles. The number of rotatable bonds is 6. The molecular weight excluding hydrogens is 318 g/mol. The van der Waals surface area contributed by atoms with E-state index in [0.717, 1.165) is 29.3 Å². The predicted molar refractivity (Wildman–Crippen MR) is 83.4 cm³/mol. The van der Waals surface area contributed by atoms with Gasteiger partial charge in [0, 0.05) is 24.0 Å². The van der Waals surface area contributed by atoms with Crippen LogP contribution in [-0.2, 0) is 11.2 Å². The zero-order valence-electron chi connectivity index (χ0n) is 12.1. The minimum Gasteiger partial charge on any atom is -0.391 e. The van der Waals surface area contributed by atoms with Crippen LogP contribution in [0, 0.1) is 11.8 Å². The summed E-state index contributed by atoms with van der Waals surface area (Å²) in [7, 11) is 1.78. The fourth-order valence-corrected chi connectivity index (χ4v) is 2.70. The fourth-order valence-electron chi connectivity index (χ4n) is 2.44. The average Bonchev–Trinajstić information content (AvgIpc) is 3.24. The van der Waals surface area contributed by atoms with Gasteiger partial charge >= 0.3 is 0 Å². The van der Waals surface area contributed by atoms with Crippen molar-refractivity contribution in [3.05, 3.63) is 34.3 Å². The van der Waals surface area contributed by atoms with E-state index >= 15 is 0 Å². The van der Waals surface area contributed by atoms with Crippen molar-refractivity contribution in [2.24, 2.45) is 11.8 Å². The van der Waals surface area contributed by atoms with Crippen LogP contribution < -0.4 is 0 Å². The molecule has 0 heterocycles. The summed E-state index contributed by atoms with van der Waals surface area (Å²) >= 11 is 3.41. The number of aliphatic hydroxyl groups excluding tert-OH is 1. The summed E-state index contributed by atoms with van der Waals surface area (Å²) in [6, 6.07) is 8.06. The molecule has 1 N–H and O–H groups in total. The van der Waals surface area contributed by atoms with E-state index in [1.807, 2.05) is 31.2 Å². The molecule has 0 radical (unpaired) electrons. The van der Waals surface area contributed by atoms with Crippen molar-refractivity contribution >= 4 is 21.8 Å². The number of carbonyl (C=O) groups is 1. The standard InChI is InChI=1S/C16H22BrNO2/c1-11(9-12-3-7-14(17)8-4-12)16(20)18(2)10-15(19)13-5-6-13/h3-4,7-8,11,13,15,19H,5-6,9-10H2,1-2H3. The molecule has 1 aromatic rings. The highest BCUT2D eigenvalue weighted by molar-refractivity contribution is 9.10. The molecule has 1 aliphatic carbocycles. The van der Waals surface area contributed by atoms with Crippen molar-refractivity contribution in [3.63, 3.8) is 0 Å². The third-order valence-electron chi connectivity index (χ3n) is 3.88. The van der Waals surface area contributed by atoms with E-state index in [1.165, 1.54) is 0 Å². The van der Waals surface area contributed by atoms with Crippen LogP contribution >= 0.6 is 15.9 Å². The van der Waals surface area contributed by atoms with Gasteiger partial charge in [0.25, 0.3) is 0 Å². The largest absolute Gasteiger partial charge is 0.391 e. The molecule has 3 nitrogen and oxygen atoms in total.